The molecule has 6 aromatic carbocycles. The zero-order valence-electron chi connectivity index (χ0n) is 76.1. The number of aromatic nitrogens is 3. The van der Waals surface area contributed by atoms with E-state index in [4.69, 9.17) is 85.3 Å². The quantitative estimate of drug-likeness (QED) is 0.0236. The summed E-state index contributed by atoms with van der Waals surface area (Å²) in [6.45, 7) is 25.8. The van der Waals surface area contributed by atoms with Crippen LogP contribution in [0.2, 0.25) is 0 Å². The normalized spacial score (nSPS) is 11.8. The van der Waals surface area contributed by atoms with Gasteiger partial charge in [0, 0.05) is 96.1 Å². The Morgan fingerprint density at radius 3 is 0.720 bits per heavy atom. The Labute approximate surface area is 741 Å². The number of unbranched alkanes of at least 4 members (excludes halogenated alkanes) is 18. The van der Waals surface area contributed by atoms with E-state index in [0.29, 0.717) is 188 Å². The Balaban J connectivity index is 1.09. The van der Waals surface area contributed by atoms with Gasteiger partial charge in [-0.25, -0.2) is 0 Å². The molecular formula is C100H147N3O22. The number of hydrogen-bond donors (Lipinski definition) is 3. The maximum absolute atomic E-state index is 12.9. The fourth-order valence-corrected chi connectivity index (χ4v) is 15.2. The van der Waals surface area contributed by atoms with Gasteiger partial charge in [0.05, 0.1) is 152 Å². The number of carbonyl (C=O) groups excluding carboxylic acids is 2. The molecule has 0 unspecified atom stereocenters. The summed E-state index contributed by atoms with van der Waals surface area (Å²) in [6.07, 6.45) is 28.3. The third kappa shape index (κ3) is 34.2. The fourth-order valence-electron chi connectivity index (χ4n) is 15.2. The van der Waals surface area contributed by atoms with E-state index in [2.05, 4.69) is 79.9 Å². The second-order valence-electron chi connectivity index (χ2n) is 31.9. The van der Waals surface area contributed by atoms with Crippen molar-refractivity contribution in [2.75, 3.05) is 198 Å². The zero-order chi connectivity index (χ0) is 87.9. The summed E-state index contributed by atoms with van der Waals surface area (Å²) >= 11 is 0. The molecule has 0 amide bonds. The Morgan fingerprint density at radius 1 is 0.248 bits per heavy atom. The highest BCUT2D eigenvalue weighted by atomic mass is 16.6. The second-order valence-corrected chi connectivity index (χ2v) is 31.9. The van der Waals surface area contributed by atoms with Crippen LogP contribution in [-0.2, 0) is 69.9 Å². The molecule has 0 saturated carbocycles. The average molecular weight is 1740 g/mol. The van der Waals surface area contributed by atoms with Crippen LogP contribution in [0.4, 0.5) is 0 Å². The van der Waals surface area contributed by atoms with Gasteiger partial charge in [-0.3, -0.25) is 9.59 Å². The van der Waals surface area contributed by atoms with Crippen LogP contribution in [0.5, 0.6) is 46.0 Å². The Bertz CT molecular complexity index is 4120. The summed E-state index contributed by atoms with van der Waals surface area (Å²) in [7, 11) is 0. The highest BCUT2D eigenvalue weighted by molar-refractivity contribution is 6.22. The molecular weight excluding hydrogens is 1600 g/mol. The number of nitrogens with zero attached hydrogens (tertiary/aromatic N) is 2. The molecule has 0 aliphatic heterocycles. The standard InChI is InChI=1S/C100H147N3O22/c1-7-13-19-25-31-108-37-43-114-49-55-120-95-61-77(62-96(121-56-50-115-44-38-109-32-26-20-14-8-2)99(95)124-59-53-118-47-41-112-35-29-23-17-11-5)73-102-89-65-79(75-104)93(106)71-85(89)83-67-87-81(69-91(83)102)82-70-92-84(68-88(82)101-87)86-72-94(107)80(76-105)66-90(86)103(92)74-78-63-97(122-57-51-116-45-39-110-33-27-21-15-9-3)100(125-60-54-119-48-42-113-36-30-24-18-12-6)98(64-78)123-58-52-117-46-40-111-34-28-22-16-10-4/h61-72,75-76,101,106-107H,7-60,73-74H2,1-6H3. The fraction of sp³-hybridized carbons (Fsp3) is 0.620. The van der Waals surface area contributed by atoms with Crippen molar-refractivity contribution < 1.29 is 105 Å². The summed E-state index contributed by atoms with van der Waals surface area (Å²) < 4.78 is 116. The molecule has 3 aromatic heterocycles. The van der Waals surface area contributed by atoms with Crippen LogP contribution in [0.25, 0.3) is 65.4 Å². The van der Waals surface area contributed by atoms with E-state index in [1.54, 1.807) is 24.3 Å². The molecule has 25 nitrogen and oxygen atoms in total. The molecule has 9 aromatic rings. The summed E-state index contributed by atoms with van der Waals surface area (Å²) in [4.78, 5) is 29.6. The van der Waals surface area contributed by atoms with Gasteiger partial charge in [0.1, 0.15) is 51.1 Å². The second kappa shape index (κ2) is 60.7. The maximum Gasteiger partial charge on any atom is 0.203 e. The van der Waals surface area contributed by atoms with Gasteiger partial charge < -0.3 is 110 Å². The van der Waals surface area contributed by atoms with E-state index in [1.807, 2.05) is 24.3 Å². The van der Waals surface area contributed by atoms with Crippen LogP contribution < -0.4 is 28.4 Å². The van der Waals surface area contributed by atoms with Crippen LogP contribution in [-0.4, -0.2) is 235 Å². The van der Waals surface area contributed by atoms with Crippen molar-refractivity contribution in [2.45, 2.75) is 209 Å². The molecule has 3 N–H and O–H groups in total. The number of rotatable bonds is 78. The van der Waals surface area contributed by atoms with Gasteiger partial charge in [-0.15, -0.1) is 0 Å². The maximum atomic E-state index is 12.9. The van der Waals surface area contributed by atoms with Crippen LogP contribution in [0.3, 0.4) is 0 Å². The number of phenolic OH excluding ortho intramolecular Hbond substituents is 2. The largest absolute Gasteiger partial charge is 0.507 e. The number of aldehydes is 2. The van der Waals surface area contributed by atoms with Crippen LogP contribution in [0.15, 0.2) is 72.8 Å². The molecule has 694 valence electrons. The first-order valence-corrected chi connectivity index (χ1v) is 47.0. The molecule has 3 heterocycles. The van der Waals surface area contributed by atoms with Crippen molar-refractivity contribution in [1.29, 1.82) is 0 Å². The lowest BCUT2D eigenvalue weighted by atomic mass is 10.1. The van der Waals surface area contributed by atoms with Crippen LogP contribution in [0, 0.1) is 0 Å². The van der Waals surface area contributed by atoms with E-state index in [0.717, 1.165) is 170 Å². The zero-order valence-corrected chi connectivity index (χ0v) is 76.1. The van der Waals surface area contributed by atoms with Gasteiger partial charge in [-0.2, -0.15) is 0 Å². The molecule has 0 saturated heterocycles. The van der Waals surface area contributed by atoms with E-state index in [-0.39, 0.29) is 115 Å². The number of H-pyrrole nitrogens is 1. The first-order valence-electron chi connectivity index (χ1n) is 47.0. The number of aromatic amines is 1. The summed E-state index contributed by atoms with van der Waals surface area (Å²) in [5.74, 6) is 2.17. The lowest BCUT2D eigenvalue weighted by Gasteiger charge is -2.20. The molecule has 0 aliphatic rings. The minimum absolute atomic E-state index is 0.129. The van der Waals surface area contributed by atoms with Gasteiger partial charge in [0.2, 0.25) is 11.5 Å². The van der Waals surface area contributed by atoms with E-state index in [1.165, 1.54) is 38.5 Å². The average Bonchev–Trinajstić information content (AvgIpc) is 1.55. The van der Waals surface area contributed by atoms with Crippen LogP contribution >= 0.6 is 0 Å². The topological polar surface area (TPSA) is 266 Å². The molecule has 25 heteroatoms. The van der Waals surface area contributed by atoms with Crippen LogP contribution in [0.1, 0.15) is 227 Å². The van der Waals surface area contributed by atoms with Crippen molar-refractivity contribution in [3.8, 4) is 46.0 Å². The van der Waals surface area contributed by atoms with Crippen molar-refractivity contribution in [3.63, 3.8) is 0 Å². The molecule has 0 aliphatic carbocycles. The number of phenols is 2. The highest BCUT2D eigenvalue weighted by Gasteiger charge is 2.25. The molecule has 9 rings (SSSR count). The Morgan fingerprint density at radius 2 is 0.472 bits per heavy atom. The molecule has 0 fully saturated rings. The predicted molar refractivity (Wildman–Crippen MR) is 495 cm³/mol. The first-order chi connectivity index (χ1) is 61.7. The number of hydrogen-bond acceptors (Lipinski definition) is 22. The molecule has 0 radical (unpaired) electrons. The lowest BCUT2D eigenvalue weighted by molar-refractivity contribution is 0.0299. The molecule has 0 spiro atoms. The minimum Gasteiger partial charge on any atom is -0.507 e. The summed E-state index contributed by atoms with van der Waals surface area (Å²) in [5, 5.41) is 27.9. The van der Waals surface area contributed by atoms with Gasteiger partial charge in [0.25, 0.3) is 0 Å². The van der Waals surface area contributed by atoms with Crippen molar-refractivity contribution >= 4 is 78.0 Å². The SMILES string of the molecule is CCCCCCOCCOCCOc1cc(Cn2c3cc(C=O)c(O)cc3c3cc4[nH]c5cc6c7cc(O)c(C=O)cc7n(Cc7cc(OCCOCCOCCCCCC)c(OCCOCCOCCCCCC)c(OCCOCCOCCCCCC)c7)c6cc5c4cc32)cc(OCCOCCOCCCCCC)c1OCCOCCOCCCCCC. The number of nitrogens with one attached hydrogen (secondary N) is 1. The minimum atomic E-state index is -0.153. The third-order valence-electron chi connectivity index (χ3n) is 21.9. The number of carbonyl (C=O) groups is 2. The predicted octanol–water partition coefficient (Wildman–Crippen LogP) is 20.6. The number of aromatic hydroxyl groups is 2. The molecule has 0 atom stereocenters. The first kappa shape index (κ1) is 101. The molecule has 0 bridgehead atoms. The summed E-state index contributed by atoms with van der Waals surface area (Å²) in [6, 6.07) is 23.1. The van der Waals surface area contributed by atoms with Gasteiger partial charge in [0.15, 0.2) is 35.6 Å². The van der Waals surface area contributed by atoms with Crippen molar-refractivity contribution in [1.82, 2.24) is 14.1 Å². The highest BCUT2D eigenvalue weighted by Crippen LogP contribution is 2.45. The van der Waals surface area contributed by atoms with E-state index >= 15 is 0 Å². The van der Waals surface area contributed by atoms with Gasteiger partial charge in [-0.05, 0) is 122 Å². The number of fused-ring (bicyclic) bond motifs is 9. The van der Waals surface area contributed by atoms with E-state index in [9.17, 15) is 19.8 Å². The van der Waals surface area contributed by atoms with E-state index < -0.39 is 0 Å². The van der Waals surface area contributed by atoms with Crippen molar-refractivity contribution in [3.05, 3.63) is 95.1 Å². The number of ether oxygens (including phenoxy) is 18. The van der Waals surface area contributed by atoms with Gasteiger partial charge >= 0.3 is 0 Å². The summed E-state index contributed by atoms with van der Waals surface area (Å²) in [5.41, 5.74) is 6.42. The molecule has 125 heavy (non-hydrogen) atoms. The smallest absolute Gasteiger partial charge is 0.203 e. The van der Waals surface area contributed by atoms with Gasteiger partial charge in [-0.1, -0.05) is 157 Å². The Kier molecular flexibility index (Phi) is 48.9. The lowest BCUT2D eigenvalue weighted by Crippen LogP contribution is -2.15. The monoisotopic (exact) mass is 1740 g/mol. The number of benzene rings is 6. The van der Waals surface area contributed by atoms with Crippen molar-refractivity contribution in [2.24, 2.45) is 0 Å². The Hall–Kier alpha value is -8.02. The third-order valence-corrected chi connectivity index (χ3v) is 21.9.